The van der Waals surface area contributed by atoms with E-state index < -0.39 is 13.9 Å². The molecule has 2 N–H and O–H groups in total. The van der Waals surface area contributed by atoms with Gasteiger partial charge in [-0.05, 0) is 19.8 Å². The summed E-state index contributed by atoms with van der Waals surface area (Å²) in [4.78, 5) is 12.4. The Bertz CT molecular complexity index is 760. The zero-order chi connectivity index (χ0) is 17.3. The van der Waals surface area contributed by atoms with E-state index >= 15 is 0 Å². The third-order valence-corrected chi connectivity index (χ3v) is 5.48. The molecule has 0 aliphatic carbocycles. The lowest BCUT2D eigenvalue weighted by Gasteiger charge is -2.23. The second-order valence-corrected chi connectivity index (χ2v) is 7.25. The van der Waals surface area contributed by atoms with Gasteiger partial charge in [0.05, 0.1) is 18.5 Å². The molecule has 1 saturated heterocycles. The van der Waals surface area contributed by atoms with E-state index in [1.165, 1.54) is 20.5 Å². The number of imidazole rings is 1. The molecule has 10 nitrogen and oxygen atoms in total. The Morgan fingerprint density at radius 1 is 1.33 bits per heavy atom. The maximum Gasteiger partial charge on any atom is 0.474 e. The van der Waals surface area contributed by atoms with Crippen molar-refractivity contribution in [2.75, 3.05) is 20.0 Å². The van der Waals surface area contributed by atoms with Gasteiger partial charge < -0.3 is 10.5 Å². The van der Waals surface area contributed by atoms with E-state index in [-0.39, 0.29) is 12.3 Å². The number of hydrogen-bond donors (Lipinski definition) is 1. The van der Waals surface area contributed by atoms with Gasteiger partial charge in [0.15, 0.2) is 11.5 Å². The third-order valence-electron chi connectivity index (χ3n) is 3.99. The minimum absolute atomic E-state index is 0.259. The normalized spacial score (nSPS) is 23.0. The van der Waals surface area contributed by atoms with Crippen molar-refractivity contribution in [3.63, 3.8) is 0 Å². The van der Waals surface area contributed by atoms with Gasteiger partial charge in [-0.1, -0.05) is 0 Å². The molecule has 0 spiro atoms. The Balaban J connectivity index is 1.73. The lowest BCUT2D eigenvalue weighted by molar-refractivity contribution is -0.0523. The first-order valence-electron chi connectivity index (χ1n) is 7.46. The first-order valence-corrected chi connectivity index (χ1v) is 8.92. The molecule has 2 unspecified atom stereocenters. The zero-order valence-electron chi connectivity index (χ0n) is 13.7. The minimum Gasteiger partial charge on any atom is -0.382 e. The number of fused-ring (bicyclic) bond motifs is 1. The number of phosphoric acid groups is 1. The van der Waals surface area contributed by atoms with Crippen molar-refractivity contribution in [2.24, 2.45) is 0 Å². The van der Waals surface area contributed by atoms with Gasteiger partial charge in [-0.15, -0.1) is 0 Å². The summed E-state index contributed by atoms with van der Waals surface area (Å²) in [7, 11) is -1.00. The molecule has 0 bridgehead atoms. The number of phosphoric ester groups is 1. The molecule has 24 heavy (non-hydrogen) atoms. The van der Waals surface area contributed by atoms with Crippen LogP contribution >= 0.6 is 7.82 Å². The van der Waals surface area contributed by atoms with Gasteiger partial charge in [0.1, 0.15) is 18.1 Å². The maximum atomic E-state index is 12.1. The molecule has 1 fully saturated rings. The lowest BCUT2D eigenvalue weighted by Crippen LogP contribution is -2.25. The van der Waals surface area contributed by atoms with Crippen molar-refractivity contribution >= 4 is 24.8 Å². The number of nitrogens with zero attached hydrogens (tertiary/aromatic N) is 4. The molecule has 1 aliphatic rings. The Hall–Kier alpha value is -1.58. The van der Waals surface area contributed by atoms with Crippen molar-refractivity contribution in [2.45, 2.75) is 38.2 Å². The first kappa shape index (κ1) is 17.2. The van der Waals surface area contributed by atoms with E-state index in [9.17, 15) is 4.57 Å². The van der Waals surface area contributed by atoms with Crippen molar-refractivity contribution in [3.05, 3.63) is 12.7 Å². The van der Waals surface area contributed by atoms with Crippen LogP contribution in [0, 0.1) is 0 Å². The monoisotopic (exact) mass is 357 g/mol. The van der Waals surface area contributed by atoms with Crippen molar-refractivity contribution in [1.82, 2.24) is 19.5 Å². The first-order chi connectivity index (χ1) is 11.5. The average molecular weight is 357 g/mol. The van der Waals surface area contributed by atoms with E-state index in [4.69, 9.17) is 24.0 Å². The molecule has 0 saturated carbocycles. The minimum atomic E-state index is -3.55. The Morgan fingerprint density at radius 3 is 2.79 bits per heavy atom. The molecule has 11 heteroatoms. The van der Waals surface area contributed by atoms with E-state index in [1.807, 2.05) is 4.57 Å². The fourth-order valence-electron chi connectivity index (χ4n) is 2.71. The summed E-state index contributed by atoms with van der Waals surface area (Å²) in [5.74, 6) is 0.325. The Kier molecular flexibility index (Phi) is 4.84. The standard InChI is InChI=1S/C13H20N5O5P/c1-8(23-24(19,20-2)21-3)9-4-5-10(22-9)18-7-17-11-12(14)15-6-16-13(11)18/h6-10H,4-5H2,1-3H3,(H2,14,15,16)/t8?,9?,10-/m1/s1. The number of nitrogen functional groups attached to an aromatic ring is 1. The third kappa shape index (κ3) is 3.15. The van der Waals surface area contributed by atoms with Crippen molar-refractivity contribution in [3.8, 4) is 0 Å². The average Bonchev–Trinajstić information content (AvgIpc) is 3.21. The second-order valence-electron chi connectivity index (χ2n) is 5.41. The smallest absolute Gasteiger partial charge is 0.382 e. The summed E-state index contributed by atoms with van der Waals surface area (Å²) in [5.41, 5.74) is 6.95. The van der Waals surface area contributed by atoms with Crippen LogP contribution in [0.5, 0.6) is 0 Å². The Morgan fingerprint density at radius 2 is 2.08 bits per heavy atom. The van der Waals surface area contributed by atoms with Gasteiger partial charge in [-0.25, -0.2) is 19.5 Å². The van der Waals surface area contributed by atoms with Gasteiger partial charge in [-0.3, -0.25) is 18.1 Å². The highest BCUT2D eigenvalue weighted by Crippen LogP contribution is 2.50. The van der Waals surface area contributed by atoms with Crippen molar-refractivity contribution < 1.29 is 22.9 Å². The SMILES string of the molecule is COP(=O)(OC)OC(C)C1CC[C@H](n2cnc3c(N)ncnc32)O1. The summed E-state index contributed by atoms with van der Waals surface area (Å²) in [5, 5.41) is 0. The fourth-order valence-corrected chi connectivity index (χ4v) is 3.57. The molecule has 0 aromatic carbocycles. The molecular formula is C13H20N5O5P. The van der Waals surface area contributed by atoms with E-state index in [0.29, 0.717) is 17.0 Å². The number of rotatable bonds is 6. The van der Waals surface area contributed by atoms with Crippen LogP contribution in [0.4, 0.5) is 5.82 Å². The van der Waals surface area contributed by atoms with E-state index in [1.54, 1.807) is 13.3 Å². The van der Waals surface area contributed by atoms with Crippen LogP contribution in [-0.2, 0) is 22.9 Å². The number of hydrogen-bond acceptors (Lipinski definition) is 9. The highest BCUT2D eigenvalue weighted by molar-refractivity contribution is 7.48. The van der Waals surface area contributed by atoms with Crippen LogP contribution in [-0.4, -0.2) is 45.9 Å². The summed E-state index contributed by atoms with van der Waals surface area (Å²) >= 11 is 0. The number of anilines is 1. The maximum absolute atomic E-state index is 12.1. The quantitative estimate of drug-likeness (QED) is 0.772. The summed E-state index contributed by atoms with van der Waals surface area (Å²) in [6.45, 7) is 1.77. The molecule has 0 radical (unpaired) electrons. The zero-order valence-corrected chi connectivity index (χ0v) is 14.6. The molecular weight excluding hydrogens is 337 g/mol. The molecule has 0 amide bonds. The molecule has 2 aromatic heterocycles. The summed E-state index contributed by atoms with van der Waals surface area (Å²) < 4.78 is 34.9. The molecule has 1 aliphatic heterocycles. The number of nitrogens with two attached hydrogens (primary N) is 1. The van der Waals surface area contributed by atoms with Crippen LogP contribution in [0.15, 0.2) is 12.7 Å². The van der Waals surface area contributed by atoms with E-state index in [0.717, 1.165) is 12.8 Å². The topological polar surface area (TPSA) is 124 Å². The Labute approximate surface area is 138 Å². The van der Waals surface area contributed by atoms with Crippen LogP contribution in [0.3, 0.4) is 0 Å². The molecule has 132 valence electrons. The largest absolute Gasteiger partial charge is 0.474 e. The molecule has 3 heterocycles. The molecule has 3 rings (SSSR count). The van der Waals surface area contributed by atoms with Gasteiger partial charge in [-0.2, -0.15) is 0 Å². The molecule has 2 aromatic rings. The number of ether oxygens (including phenoxy) is 1. The van der Waals surface area contributed by atoms with Gasteiger partial charge in [0.2, 0.25) is 0 Å². The summed E-state index contributed by atoms with van der Waals surface area (Å²) in [6.07, 6.45) is 3.49. The highest BCUT2D eigenvalue weighted by atomic mass is 31.2. The highest BCUT2D eigenvalue weighted by Gasteiger charge is 2.36. The second kappa shape index (κ2) is 6.73. The van der Waals surface area contributed by atoms with Crippen LogP contribution in [0.25, 0.3) is 11.2 Å². The predicted molar refractivity (Wildman–Crippen MR) is 85.1 cm³/mol. The summed E-state index contributed by atoms with van der Waals surface area (Å²) in [6, 6.07) is 0. The fraction of sp³-hybridized carbons (Fsp3) is 0.615. The number of aromatic nitrogens is 4. The van der Waals surface area contributed by atoms with Crippen LogP contribution < -0.4 is 5.73 Å². The predicted octanol–water partition coefficient (Wildman–Crippen LogP) is 1.89. The van der Waals surface area contributed by atoms with Gasteiger partial charge >= 0.3 is 7.82 Å². The van der Waals surface area contributed by atoms with Crippen LogP contribution in [0.2, 0.25) is 0 Å². The van der Waals surface area contributed by atoms with Gasteiger partial charge in [0, 0.05) is 14.2 Å². The van der Waals surface area contributed by atoms with Crippen molar-refractivity contribution in [1.29, 1.82) is 0 Å². The van der Waals surface area contributed by atoms with Crippen LogP contribution in [0.1, 0.15) is 26.0 Å². The van der Waals surface area contributed by atoms with E-state index in [2.05, 4.69) is 15.0 Å². The molecule has 3 atom stereocenters. The lowest BCUT2D eigenvalue weighted by atomic mass is 10.1. The van der Waals surface area contributed by atoms with Gasteiger partial charge in [0.25, 0.3) is 0 Å².